The second-order valence-corrected chi connectivity index (χ2v) is 7.99. The van der Waals surface area contributed by atoms with Crippen LogP contribution in [0.25, 0.3) is 0 Å². The van der Waals surface area contributed by atoms with Gasteiger partial charge in [-0.05, 0) is 67.8 Å². The van der Waals surface area contributed by atoms with Crippen LogP contribution in [0.4, 0.5) is 8.78 Å². The second kappa shape index (κ2) is 8.95. The highest BCUT2D eigenvalue weighted by molar-refractivity contribution is 5.21. The third-order valence-corrected chi connectivity index (χ3v) is 6.47. The Balaban J connectivity index is 1.46. The average Bonchev–Trinajstić information content (AvgIpc) is 2.63. The summed E-state index contributed by atoms with van der Waals surface area (Å²) < 4.78 is 28.7. The maximum Gasteiger partial charge on any atom is 0.388 e. The zero-order chi connectivity index (χ0) is 17.6. The lowest BCUT2D eigenvalue weighted by Crippen LogP contribution is -2.25. The van der Waals surface area contributed by atoms with Crippen molar-refractivity contribution in [2.24, 2.45) is 17.8 Å². The van der Waals surface area contributed by atoms with E-state index in [2.05, 4.69) is 16.6 Å². The van der Waals surface area contributed by atoms with Crippen molar-refractivity contribution in [2.75, 3.05) is 0 Å². The summed E-state index contributed by atoms with van der Waals surface area (Å²) in [7, 11) is 0. The van der Waals surface area contributed by atoms with Gasteiger partial charge in [0.1, 0.15) is 0 Å². The smallest absolute Gasteiger partial charge is 0.388 e. The molecule has 1 heterocycles. The van der Waals surface area contributed by atoms with Crippen LogP contribution < -0.4 is 4.74 Å². The van der Waals surface area contributed by atoms with Crippen LogP contribution in [0, 0.1) is 17.8 Å². The Morgan fingerprint density at radius 1 is 1.00 bits per heavy atom. The van der Waals surface area contributed by atoms with Crippen LogP contribution in [-0.4, -0.2) is 11.6 Å². The van der Waals surface area contributed by atoms with Gasteiger partial charge < -0.3 is 4.74 Å². The van der Waals surface area contributed by atoms with E-state index in [1.54, 1.807) is 12.3 Å². The lowest BCUT2D eigenvalue weighted by molar-refractivity contribution is -0.0528. The number of hydrogen-bond donors (Lipinski definition) is 0. The molecule has 25 heavy (non-hydrogen) atoms. The average molecular weight is 351 g/mol. The maximum absolute atomic E-state index is 12.2. The van der Waals surface area contributed by atoms with Gasteiger partial charge in [0.2, 0.25) is 5.88 Å². The number of rotatable bonds is 6. The summed E-state index contributed by atoms with van der Waals surface area (Å²) in [5, 5.41) is 0. The van der Waals surface area contributed by atoms with Crippen molar-refractivity contribution in [1.82, 2.24) is 4.98 Å². The van der Waals surface area contributed by atoms with Crippen molar-refractivity contribution < 1.29 is 13.5 Å². The van der Waals surface area contributed by atoms with Gasteiger partial charge in [0, 0.05) is 12.3 Å². The molecule has 0 bridgehead atoms. The highest BCUT2D eigenvalue weighted by Crippen LogP contribution is 2.44. The van der Waals surface area contributed by atoms with E-state index in [0.717, 1.165) is 17.8 Å². The van der Waals surface area contributed by atoms with Crippen molar-refractivity contribution >= 4 is 0 Å². The third kappa shape index (κ3) is 5.15. The van der Waals surface area contributed by atoms with E-state index < -0.39 is 6.61 Å². The summed E-state index contributed by atoms with van der Waals surface area (Å²) in [4.78, 5) is 4.03. The van der Waals surface area contributed by atoms with Crippen LogP contribution in [-0.2, 0) is 0 Å². The van der Waals surface area contributed by atoms with Crippen molar-refractivity contribution in [3.63, 3.8) is 0 Å². The molecule has 4 heteroatoms. The molecule has 0 aliphatic heterocycles. The fraction of sp³-hybridized carbons (Fsp3) is 0.762. The Labute approximate surface area is 150 Å². The number of halogens is 2. The predicted octanol–water partition coefficient (Wildman–Crippen LogP) is 6.56. The number of nitrogens with zero attached hydrogens (tertiary/aromatic N) is 1. The number of pyridine rings is 1. The van der Waals surface area contributed by atoms with Crippen LogP contribution in [0.15, 0.2) is 18.3 Å². The monoisotopic (exact) mass is 351 g/mol. The molecule has 0 unspecified atom stereocenters. The minimum Gasteiger partial charge on any atom is -0.417 e. The number of aromatic nitrogens is 1. The molecular weight excluding hydrogens is 320 g/mol. The molecule has 0 atom stereocenters. The fourth-order valence-corrected chi connectivity index (χ4v) is 5.07. The van der Waals surface area contributed by atoms with Crippen LogP contribution in [0.2, 0.25) is 0 Å². The molecule has 3 rings (SSSR count). The van der Waals surface area contributed by atoms with Gasteiger partial charge in [0.15, 0.2) is 0 Å². The molecule has 0 spiro atoms. The van der Waals surface area contributed by atoms with E-state index in [0.29, 0.717) is 5.92 Å². The molecule has 0 saturated heterocycles. The van der Waals surface area contributed by atoms with Gasteiger partial charge in [-0.2, -0.15) is 8.78 Å². The standard InChI is InChI=1S/C21H31F2NO/c1-2-3-15-4-6-16(7-5-15)17-8-10-18(11-9-17)19-12-13-20(24-14-19)25-21(22)23/h12-18,21H,2-11H2,1H3/t15-,16-,17?,18?. The topological polar surface area (TPSA) is 22.1 Å². The summed E-state index contributed by atoms with van der Waals surface area (Å²) in [6.45, 7) is -0.504. The normalized spacial score (nSPS) is 30.4. The molecule has 2 aliphatic carbocycles. The number of hydrogen-bond acceptors (Lipinski definition) is 2. The Bertz CT molecular complexity index is 503. The van der Waals surface area contributed by atoms with Gasteiger partial charge in [-0.25, -0.2) is 4.98 Å². The van der Waals surface area contributed by atoms with Gasteiger partial charge in [-0.1, -0.05) is 38.7 Å². The van der Waals surface area contributed by atoms with Gasteiger partial charge in [0.05, 0.1) is 0 Å². The molecule has 1 aromatic rings. The van der Waals surface area contributed by atoms with E-state index in [1.807, 2.05) is 6.07 Å². The third-order valence-electron chi connectivity index (χ3n) is 6.47. The summed E-state index contributed by atoms with van der Waals surface area (Å²) in [6.07, 6.45) is 15.2. The van der Waals surface area contributed by atoms with Gasteiger partial charge in [0.25, 0.3) is 0 Å². The largest absolute Gasteiger partial charge is 0.417 e. The van der Waals surface area contributed by atoms with Crippen molar-refractivity contribution in [3.05, 3.63) is 23.9 Å². The first-order chi connectivity index (χ1) is 12.2. The fourth-order valence-electron chi connectivity index (χ4n) is 5.07. The number of alkyl halides is 2. The summed E-state index contributed by atoms with van der Waals surface area (Å²) >= 11 is 0. The summed E-state index contributed by atoms with van der Waals surface area (Å²) in [6, 6.07) is 3.48. The Morgan fingerprint density at radius 3 is 2.16 bits per heavy atom. The highest BCUT2D eigenvalue weighted by Gasteiger charge is 2.31. The molecule has 2 saturated carbocycles. The van der Waals surface area contributed by atoms with Crippen molar-refractivity contribution in [1.29, 1.82) is 0 Å². The second-order valence-electron chi connectivity index (χ2n) is 7.99. The molecule has 0 N–H and O–H groups in total. The van der Waals surface area contributed by atoms with Crippen molar-refractivity contribution in [2.45, 2.75) is 83.7 Å². The minimum absolute atomic E-state index is 0.0104. The first-order valence-electron chi connectivity index (χ1n) is 10.1. The van der Waals surface area contributed by atoms with E-state index in [9.17, 15) is 8.78 Å². The van der Waals surface area contributed by atoms with Crippen LogP contribution >= 0.6 is 0 Å². The molecule has 0 amide bonds. The van der Waals surface area contributed by atoms with Crippen molar-refractivity contribution in [3.8, 4) is 5.88 Å². The molecule has 2 nitrogen and oxygen atoms in total. The molecular formula is C21H31F2NO. The Kier molecular flexibility index (Phi) is 6.66. The Morgan fingerprint density at radius 2 is 1.64 bits per heavy atom. The zero-order valence-corrected chi connectivity index (χ0v) is 15.3. The SMILES string of the molecule is CCC[C@H]1CC[C@H](C2CCC(c3ccc(OC(F)F)nc3)CC2)CC1. The van der Waals surface area contributed by atoms with Crippen LogP contribution in [0.3, 0.4) is 0 Å². The van der Waals surface area contributed by atoms with Crippen LogP contribution in [0.1, 0.15) is 82.6 Å². The summed E-state index contributed by atoms with van der Waals surface area (Å²) in [5.74, 6) is 3.36. The quantitative estimate of drug-likeness (QED) is 0.579. The molecule has 0 radical (unpaired) electrons. The summed E-state index contributed by atoms with van der Waals surface area (Å²) in [5.41, 5.74) is 1.17. The lowest BCUT2D eigenvalue weighted by atomic mass is 9.68. The van der Waals surface area contributed by atoms with E-state index in [1.165, 1.54) is 69.8 Å². The van der Waals surface area contributed by atoms with Gasteiger partial charge >= 0.3 is 6.61 Å². The maximum atomic E-state index is 12.2. The molecule has 2 fully saturated rings. The van der Waals surface area contributed by atoms with Gasteiger partial charge in [-0.15, -0.1) is 0 Å². The minimum atomic E-state index is -2.80. The molecule has 140 valence electrons. The zero-order valence-electron chi connectivity index (χ0n) is 15.3. The highest BCUT2D eigenvalue weighted by atomic mass is 19.3. The first kappa shape index (κ1) is 18.6. The van der Waals surface area contributed by atoms with Gasteiger partial charge in [-0.3, -0.25) is 0 Å². The van der Waals surface area contributed by atoms with E-state index >= 15 is 0 Å². The van der Waals surface area contributed by atoms with E-state index in [-0.39, 0.29) is 5.88 Å². The Hall–Kier alpha value is -1.19. The molecule has 1 aromatic heterocycles. The molecule has 0 aromatic carbocycles. The molecule has 2 aliphatic rings. The lowest BCUT2D eigenvalue weighted by Gasteiger charge is -2.38. The van der Waals surface area contributed by atoms with E-state index in [4.69, 9.17) is 0 Å². The first-order valence-corrected chi connectivity index (χ1v) is 10.1. The number of ether oxygens (including phenoxy) is 1. The predicted molar refractivity (Wildman–Crippen MR) is 95.9 cm³/mol. The van der Waals surface area contributed by atoms with Crippen LogP contribution in [0.5, 0.6) is 5.88 Å².